The molecule has 6 nitrogen and oxygen atoms in total. The molecule has 0 aliphatic carbocycles. The summed E-state index contributed by atoms with van der Waals surface area (Å²) >= 11 is 1.47. The van der Waals surface area contributed by atoms with E-state index in [1.54, 1.807) is 0 Å². The van der Waals surface area contributed by atoms with E-state index >= 15 is 0 Å². The number of thioether (sulfide) groups is 1. The van der Waals surface area contributed by atoms with Gasteiger partial charge in [0, 0.05) is 12.2 Å². The number of amides is 1. The standard InChI is InChI=1S/C26H27N3O3S/c1-16-10-11-21(17(2)12-16)24-23(25(31)32-4)18(3)28-26-29(24)20(15-33-26)13-22(30)27-14-19-8-6-5-7-9-19/h5-12,15,24H,13-14H2,1-4H3,(H,27,30)/t24-/m0/s1. The number of esters is 1. The van der Waals surface area contributed by atoms with Crippen LogP contribution in [0, 0.1) is 13.8 Å². The third-order valence-corrected chi connectivity index (χ3v) is 6.69. The molecule has 0 radical (unpaired) electrons. The zero-order chi connectivity index (χ0) is 23.5. The number of nitrogens with one attached hydrogen (secondary N) is 1. The Labute approximate surface area is 198 Å². The van der Waals surface area contributed by atoms with Gasteiger partial charge in [-0.25, -0.2) is 9.79 Å². The molecular formula is C26H27N3O3S. The summed E-state index contributed by atoms with van der Waals surface area (Å²) in [6, 6.07) is 15.6. The van der Waals surface area contributed by atoms with Crippen molar-refractivity contribution in [1.29, 1.82) is 0 Å². The number of fused-ring (bicyclic) bond motifs is 1. The first-order chi connectivity index (χ1) is 15.9. The van der Waals surface area contributed by atoms with E-state index in [-0.39, 0.29) is 12.3 Å². The van der Waals surface area contributed by atoms with Gasteiger partial charge in [-0.3, -0.25) is 4.79 Å². The quantitative estimate of drug-likeness (QED) is 0.628. The van der Waals surface area contributed by atoms with Crippen LogP contribution in [0.3, 0.4) is 0 Å². The second kappa shape index (κ2) is 9.67. The lowest BCUT2D eigenvalue weighted by molar-refractivity contribution is -0.136. The van der Waals surface area contributed by atoms with Crippen LogP contribution in [0.1, 0.15) is 41.6 Å². The molecule has 33 heavy (non-hydrogen) atoms. The predicted octanol–water partition coefficient (Wildman–Crippen LogP) is 4.76. The molecule has 2 aliphatic heterocycles. The Hall–Kier alpha value is -3.32. The number of hydrogen-bond acceptors (Lipinski definition) is 6. The molecule has 0 unspecified atom stereocenters. The molecule has 1 amide bonds. The number of benzene rings is 2. The largest absolute Gasteiger partial charge is 0.466 e. The van der Waals surface area contributed by atoms with E-state index < -0.39 is 12.0 Å². The van der Waals surface area contributed by atoms with Crippen molar-refractivity contribution in [3.63, 3.8) is 0 Å². The Morgan fingerprint density at radius 2 is 1.88 bits per heavy atom. The summed E-state index contributed by atoms with van der Waals surface area (Å²) in [6.45, 7) is 6.38. The summed E-state index contributed by atoms with van der Waals surface area (Å²) in [6.07, 6.45) is 0.188. The van der Waals surface area contributed by atoms with Gasteiger partial charge in [-0.1, -0.05) is 65.9 Å². The van der Waals surface area contributed by atoms with Crippen molar-refractivity contribution in [3.8, 4) is 0 Å². The minimum atomic E-state index is -0.412. The van der Waals surface area contributed by atoms with E-state index in [0.717, 1.165) is 33.1 Å². The van der Waals surface area contributed by atoms with Gasteiger partial charge in [-0.05, 0) is 42.9 Å². The molecule has 2 heterocycles. The molecule has 0 saturated carbocycles. The predicted molar refractivity (Wildman–Crippen MR) is 131 cm³/mol. The summed E-state index contributed by atoms with van der Waals surface area (Å²) in [5.74, 6) is -0.498. The summed E-state index contributed by atoms with van der Waals surface area (Å²) in [4.78, 5) is 32.3. The lowest BCUT2D eigenvalue weighted by Crippen LogP contribution is -2.38. The number of nitrogens with zero attached hydrogens (tertiary/aromatic N) is 2. The van der Waals surface area contributed by atoms with Gasteiger partial charge in [0.05, 0.1) is 30.8 Å². The van der Waals surface area contributed by atoms with Crippen LogP contribution < -0.4 is 5.32 Å². The van der Waals surface area contributed by atoms with E-state index in [0.29, 0.717) is 17.8 Å². The first-order valence-corrected chi connectivity index (χ1v) is 11.7. The number of methoxy groups -OCH3 is 1. The number of allylic oxidation sites excluding steroid dienone is 1. The molecular weight excluding hydrogens is 434 g/mol. The molecule has 0 bridgehead atoms. The normalized spacial score (nSPS) is 17.3. The van der Waals surface area contributed by atoms with Gasteiger partial charge < -0.3 is 15.0 Å². The highest BCUT2D eigenvalue weighted by atomic mass is 32.2. The first-order valence-electron chi connectivity index (χ1n) is 10.8. The fraction of sp³-hybridized carbons (Fsp3) is 0.269. The van der Waals surface area contributed by atoms with Gasteiger partial charge in [0.15, 0.2) is 5.17 Å². The molecule has 0 fully saturated rings. The van der Waals surface area contributed by atoms with Gasteiger partial charge >= 0.3 is 5.97 Å². The van der Waals surface area contributed by atoms with Crippen LogP contribution in [0.4, 0.5) is 0 Å². The van der Waals surface area contributed by atoms with Crippen molar-refractivity contribution in [2.75, 3.05) is 7.11 Å². The summed E-state index contributed by atoms with van der Waals surface area (Å²) in [5.41, 5.74) is 6.18. The summed E-state index contributed by atoms with van der Waals surface area (Å²) < 4.78 is 5.13. The smallest absolute Gasteiger partial charge is 0.338 e. The number of ether oxygens (including phenoxy) is 1. The van der Waals surface area contributed by atoms with Crippen molar-refractivity contribution >= 4 is 28.8 Å². The molecule has 2 aromatic rings. The summed E-state index contributed by atoms with van der Waals surface area (Å²) in [5, 5.41) is 5.70. The Bertz CT molecular complexity index is 1180. The third kappa shape index (κ3) is 4.73. The molecule has 170 valence electrons. The number of carbonyl (C=O) groups excluding carboxylic acids is 2. The lowest BCUT2D eigenvalue weighted by Gasteiger charge is -2.37. The van der Waals surface area contributed by atoms with Crippen LogP contribution in [0.2, 0.25) is 0 Å². The maximum Gasteiger partial charge on any atom is 0.338 e. The number of aliphatic imine (C=N–C) groups is 1. The maximum atomic E-state index is 12.8. The highest BCUT2D eigenvalue weighted by molar-refractivity contribution is 8.16. The molecule has 2 aromatic carbocycles. The fourth-order valence-electron chi connectivity index (χ4n) is 4.19. The van der Waals surface area contributed by atoms with Crippen LogP contribution in [0.5, 0.6) is 0 Å². The van der Waals surface area contributed by atoms with E-state index in [9.17, 15) is 9.59 Å². The third-order valence-electron chi connectivity index (χ3n) is 5.80. The minimum Gasteiger partial charge on any atom is -0.466 e. The number of rotatable bonds is 6. The molecule has 0 aromatic heterocycles. The van der Waals surface area contributed by atoms with E-state index in [1.807, 2.05) is 73.5 Å². The van der Waals surface area contributed by atoms with Gasteiger partial charge in [0.1, 0.15) is 0 Å². The molecule has 7 heteroatoms. The zero-order valence-corrected chi connectivity index (χ0v) is 20.0. The molecule has 0 saturated heterocycles. The average molecular weight is 462 g/mol. The molecule has 2 aliphatic rings. The number of hydrogen-bond donors (Lipinski definition) is 1. The Kier molecular flexibility index (Phi) is 6.70. The molecule has 1 atom stereocenters. The number of amidine groups is 1. The second-order valence-electron chi connectivity index (χ2n) is 8.18. The van der Waals surface area contributed by atoms with Crippen molar-refractivity contribution in [1.82, 2.24) is 10.2 Å². The monoisotopic (exact) mass is 461 g/mol. The van der Waals surface area contributed by atoms with Gasteiger partial charge in [-0.2, -0.15) is 0 Å². The summed E-state index contributed by atoms with van der Waals surface area (Å²) in [7, 11) is 1.38. The van der Waals surface area contributed by atoms with Gasteiger partial charge in [0.25, 0.3) is 0 Å². The Balaban J connectivity index is 1.64. The van der Waals surface area contributed by atoms with Crippen molar-refractivity contribution in [2.24, 2.45) is 4.99 Å². The van der Waals surface area contributed by atoms with E-state index in [4.69, 9.17) is 4.74 Å². The topological polar surface area (TPSA) is 71.0 Å². The van der Waals surface area contributed by atoms with Crippen LogP contribution in [0.15, 0.2) is 75.9 Å². The van der Waals surface area contributed by atoms with Gasteiger partial charge in [0.2, 0.25) is 5.91 Å². The molecule has 4 rings (SSSR count). The maximum absolute atomic E-state index is 12.8. The lowest BCUT2D eigenvalue weighted by atomic mass is 9.90. The second-order valence-corrected chi connectivity index (χ2v) is 9.02. The number of aryl methyl sites for hydroxylation is 2. The molecule has 1 N–H and O–H groups in total. The Morgan fingerprint density at radius 3 is 2.58 bits per heavy atom. The van der Waals surface area contributed by atoms with Crippen molar-refractivity contribution in [3.05, 3.63) is 93.2 Å². The average Bonchev–Trinajstić information content (AvgIpc) is 3.19. The van der Waals surface area contributed by atoms with Gasteiger partial charge in [-0.15, -0.1) is 0 Å². The minimum absolute atomic E-state index is 0.0859. The zero-order valence-electron chi connectivity index (χ0n) is 19.2. The van der Waals surface area contributed by atoms with E-state index in [2.05, 4.69) is 16.4 Å². The highest BCUT2D eigenvalue weighted by Gasteiger charge is 2.41. The molecule has 0 spiro atoms. The van der Waals surface area contributed by atoms with Crippen LogP contribution in [0.25, 0.3) is 0 Å². The van der Waals surface area contributed by atoms with Crippen LogP contribution >= 0.6 is 11.8 Å². The fourth-order valence-corrected chi connectivity index (χ4v) is 5.16. The SMILES string of the molecule is COC(=O)C1=C(C)N=C2SC=C(CC(=O)NCc3ccccc3)N2[C@H]1c1ccc(C)cc1C. The highest BCUT2D eigenvalue weighted by Crippen LogP contribution is 2.45. The van der Waals surface area contributed by atoms with Crippen LogP contribution in [-0.4, -0.2) is 29.1 Å². The van der Waals surface area contributed by atoms with Crippen molar-refractivity contribution in [2.45, 2.75) is 39.8 Å². The Morgan fingerprint density at radius 1 is 1.12 bits per heavy atom. The first kappa shape index (κ1) is 22.9. The van der Waals surface area contributed by atoms with Crippen molar-refractivity contribution < 1.29 is 14.3 Å². The van der Waals surface area contributed by atoms with Crippen LogP contribution in [-0.2, 0) is 20.9 Å². The number of carbonyl (C=O) groups is 2. The van der Waals surface area contributed by atoms with E-state index in [1.165, 1.54) is 18.9 Å².